The molecule has 7 rings (SSSR count). The quantitative estimate of drug-likeness (QED) is 0.119. The molecule has 1 aromatic heterocycles. The average molecular weight is 743 g/mol. The van der Waals surface area contributed by atoms with Crippen molar-refractivity contribution in [1.82, 2.24) is 20.7 Å². The fourth-order valence-corrected chi connectivity index (χ4v) is 7.23. The normalized spacial score (nSPS) is 14.4. The summed E-state index contributed by atoms with van der Waals surface area (Å²) in [6.45, 7) is 10.2. The monoisotopic (exact) mass is 742 g/mol. The van der Waals surface area contributed by atoms with Crippen LogP contribution in [0, 0.1) is 0 Å². The second-order valence-electron chi connectivity index (χ2n) is 14.5. The van der Waals surface area contributed by atoms with Gasteiger partial charge in [0.2, 0.25) is 5.91 Å². The summed E-state index contributed by atoms with van der Waals surface area (Å²) in [7, 11) is 0. The maximum atomic E-state index is 13.6. The van der Waals surface area contributed by atoms with E-state index >= 15 is 0 Å². The van der Waals surface area contributed by atoms with Gasteiger partial charge in [-0.1, -0.05) is 97.9 Å². The second kappa shape index (κ2) is 17.8. The van der Waals surface area contributed by atoms with Gasteiger partial charge in [-0.05, 0) is 71.6 Å². The number of amides is 2. The summed E-state index contributed by atoms with van der Waals surface area (Å²) in [6.07, 6.45) is 2.54. The summed E-state index contributed by atoms with van der Waals surface area (Å²) < 4.78 is 24.7. The molecular formula is C45H50N4O6. The van der Waals surface area contributed by atoms with Crippen LogP contribution in [-0.2, 0) is 35.7 Å². The Bertz CT molecular complexity index is 2070. The number of benzene rings is 4. The van der Waals surface area contributed by atoms with E-state index in [4.69, 9.17) is 18.7 Å². The van der Waals surface area contributed by atoms with Crippen LogP contribution in [0.2, 0.25) is 0 Å². The van der Waals surface area contributed by atoms with Crippen LogP contribution in [0.25, 0.3) is 22.5 Å². The Morgan fingerprint density at radius 3 is 2.24 bits per heavy atom. The molecule has 2 N–H and O–H groups in total. The molecule has 5 aromatic rings. The Kier molecular flexibility index (Phi) is 12.2. The van der Waals surface area contributed by atoms with Gasteiger partial charge < -0.3 is 34.3 Å². The molecular weight excluding hydrogens is 693 g/mol. The molecule has 3 heterocycles. The van der Waals surface area contributed by atoms with E-state index in [1.807, 2.05) is 90.7 Å². The molecule has 10 nitrogen and oxygen atoms in total. The number of ether oxygens (including phenoxy) is 3. The van der Waals surface area contributed by atoms with Gasteiger partial charge in [-0.15, -0.1) is 0 Å². The number of rotatable bonds is 14. The molecule has 2 aliphatic rings. The molecule has 1 fully saturated rings. The summed E-state index contributed by atoms with van der Waals surface area (Å²) in [5, 5.41) is 10.7. The first-order valence-electron chi connectivity index (χ1n) is 19.4. The van der Waals surface area contributed by atoms with E-state index in [2.05, 4.69) is 41.8 Å². The Labute approximate surface area is 323 Å². The van der Waals surface area contributed by atoms with Gasteiger partial charge in [-0.3, -0.25) is 9.59 Å². The van der Waals surface area contributed by atoms with Gasteiger partial charge in [0.05, 0.1) is 17.7 Å². The van der Waals surface area contributed by atoms with Crippen LogP contribution in [0.1, 0.15) is 77.8 Å². The Morgan fingerprint density at radius 2 is 1.56 bits per heavy atom. The molecule has 0 bridgehead atoms. The first-order valence-corrected chi connectivity index (χ1v) is 19.4. The van der Waals surface area contributed by atoms with E-state index in [1.165, 1.54) is 0 Å². The van der Waals surface area contributed by atoms with Gasteiger partial charge in [-0.2, -0.15) is 0 Å². The molecule has 2 aliphatic heterocycles. The van der Waals surface area contributed by atoms with E-state index in [-0.39, 0.29) is 23.4 Å². The third-order valence-corrected chi connectivity index (χ3v) is 10.3. The highest BCUT2D eigenvalue weighted by atomic mass is 16.5. The standard InChI is InChI=1S/C45H50N4O6/c1-4-46-45(51)43-42(34-15-16-35-27-49(20-17-33(35)23-34)41(50)26-47-36-18-21-52-22-19-36)44(55-48-43)38-24-37(30(2)3)39(53-28-31-11-7-5-8-12-31)25-40(38)54-29-32-13-9-6-10-14-32/h5-16,23-25,30,36,47H,4,17-22,26-29H2,1-3H3,(H,46,51). The third kappa shape index (κ3) is 9.10. The van der Waals surface area contributed by atoms with E-state index in [9.17, 15) is 9.59 Å². The van der Waals surface area contributed by atoms with Crippen molar-refractivity contribution in [2.45, 2.75) is 71.8 Å². The van der Waals surface area contributed by atoms with Crippen molar-refractivity contribution in [3.05, 3.63) is 125 Å². The lowest BCUT2D eigenvalue weighted by Crippen LogP contribution is -2.45. The maximum Gasteiger partial charge on any atom is 0.274 e. The number of nitrogens with one attached hydrogen (secondary N) is 2. The number of aromatic nitrogens is 1. The first-order chi connectivity index (χ1) is 26.9. The summed E-state index contributed by atoms with van der Waals surface area (Å²) >= 11 is 0. The number of hydrogen-bond donors (Lipinski definition) is 2. The average Bonchev–Trinajstić information content (AvgIpc) is 3.67. The molecule has 0 unspecified atom stereocenters. The van der Waals surface area contributed by atoms with Gasteiger partial charge in [0.25, 0.3) is 5.91 Å². The van der Waals surface area contributed by atoms with Gasteiger partial charge >= 0.3 is 0 Å². The molecule has 0 aliphatic carbocycles. The number of nitrogens with zero attached hydrogens (tertiary/aromatic N) is 2. The molecule has 2 amide bonds. The number of carbonyl (C=O) groups excluding carboxylic acids is 2. The third-order valence-electron chi connectivity index (χ3n) is 10.3. The lowest BCUT2D eigenvalue weighted by molar-refractivity contribution is -0.131. The molecule has 286 valence electrons. The lowest BCUT2D eigenvalue weighted by Gasteiger charge is -2.30. The van der Waals surface area contributed by atoms with E-state index in [0.29, 0.717) is 80.2 Å². The van der Waals surface area contributed by atoms with E-state index in [1.54, 1.807) is 0 Å². The summed E-state index contributed by atoms with van der Waals surface area (Å²) in [4.78, 5) is 28.7. The minimum atomic E-state index is -0.322. The molecule has 0 atom stereocenters. The fraction of sp³-hybridized carbons (Fsp3) is 0.356. The minimum absolute atomic E-state index is 0.0984. The van der Waals surface area contributed by atoms with Crippen LogP contribution in [-0.4, -0.2) is 60.8 Å². The van der Waals surface area contributed by atoms with Gasteiger partial charge in [0.1, 0.15) is 24.7 Å². The van der Waals surface area contributed by atoms with Crippen LogP contribution in [0.3, 0.4) is 0 Å². The van der Waals surface area contributed by atoms with Crippen molar-refractivity contribution >= 4 is 11.8 Å². The first kappa shape index (κ1) is 37.8. The van der Waals surface area contributed by atoms with Crippen LogP contribution in [0.5, 0.6) is 11.5 Å². The molecule has 4 aromatic carbocycles. The molecule has 10 heteroatoms. The van der Waals surface area contributed by atoms with Crippen LogP contribution in [0.15, 0.2) is 95.5 Å². The predicted octanol–water partition coefficient (Wildman–Crippen LogP) is 7.69. The van der Waals surface area contributed by atoms with Crippen molar-refractivity contribution in [1.29, 1.82) is 0 Å². The second-order valence-corrected chi connectivity index (χ2v) is 14.5. The number of fused-ring (bicyclic) bond motifs is 1. The highest BCUT2D eigenvalue weighted by Gasteiger charge is 2.30. The van der Waals surface area contributed by atoms with Gasteiger partial charge in [0.15, 0.2) is 11.5 Å². The SMILES string of the molecule is CCNC(=O)c1noc(-c2cc(C(C)C)c(OCc3ccccc3)cc2OCc2ccccc2)c1-c1ccc2c(c1)CCN(C(=O)CNC1CCOCC1)C2. The smallest absolute Gasteiger partial charge is 0.274 e. The zero-order valence-electron chi connectivity index (χ0n) is 31.9. The van der Waals surface area contributed by atoms with Gasteiger partial charge in [0, 0.05) is 45.0 Å². The number of hydrogen-bond acceptors (Lipinski definition) is 8. The zero-order valence-corrected chi connectivity index (χ0v) is 31.9. The van der Waals surface area contributed by atoms with Crippen LogP contribution < -0.4 is 20.1 Å². The van der Waals surface area contributed by atoms with Gasteiger partial charge in [-0.25, -0.2) is 0 Å². The molecule has 0 saturated carbocycles. The fourth-order valence-electron chi connectivity index (χ4n) is 7.23. The van der Waals surface area contributed by atoms with Crippen LogP contribution >= 0.6 is 0 Å². The Hall–Kier alpha value is -5.45. The van der Waals surface area contributed by atoms with Crippen molar-refractivity contribution in [3.63, 3.8) is 0 Å². The molecule has 0 spiro atoms. The topological polar surface area (TPSA) is 115 Å². The molecule has 1 saturated heterocycles. The lowest BCUT2D eigenvalue weighted by atomic mass is 9.91. The minimum Gasteiger partial charge on any atom is -0.488 e. The highest BCUT2D eigenvalue weighted by Crippen LogP contribution is 2.45. The highest BCUT2D eigenvalue weighted by molar-refractivity contribution is 6.02. The van der Waals surface area contributed by atoms with Crippen molar-refractivity contribution in [3.8, 4) is 33.9 Å². The van der Waals surface area contributed by atoms with Crippen molar-refractivity contribution < 1.29 is 28.3 Å². The Balaban J connectivity index is 1.24. The summed E-state index contributed by atoms with van der Waals surface area (Å²) in [5.74, 6) is 1.58. The van der Waals surface area contributed by atoms with E-state index < -0.39 is 0 Å². The largest absolute Gasteiger partial charge is 0.488 e. The molecule has 0 radical (unpaired) electrons. The zero-order chi connectivity index (χ0) is 38.1. The Morgan fingerprint density at radius 1 is 0.873 bits per heavy atom. The maximum absolute atomic E-state index is 13.6. The van der Waals surface area contributed by atoms with Crippen molar-refractivity contribution in [2.75, 3.05) is 32.8 Å². The molecule has 55 heavy (non-hydrogen) atoms. The van der Waals surface area contributed by atoms with Crippen molar-refractivity contribution in [2.24, 2.45) is 0 Å². The number of carbonyl (C=O) groups is 2. The predicted molar refractivity (Wildman–Crippen MR) is 212 cm³/mol. The summed E-state index contributed by atoms with van der Waals surface area (Å²) in [5.41, 5.74) is 7.53. The van der Waals surface area contributed by atoms with E-state index in [0.717, 1.165) is 59.4 Å². The summed E-state index contributed by atoms with van der Waals surface area (Å²) in [6, 6.07) is 30.5. The van der Waals surface area contributed by atoms with Crippen LogP contribution in [0.4, 0.5) is 0 Å².